The highest BCUT2D eigenvalue weighted by molar-refractivity contribution is 5.90. The smallest absolute Gasteiger partial charge is 0.254 e. The lowest BCUT2D eigenvalue weighted by Gasteiger charge is -2.50. The Bertz CT molecular complexity index is 1100. The average Bonchev–Trinajstić information content (AvgIpc) is 3.62. The summed E-state index contributed by atoms with van der Waals surface area (Å²) < 4.78 is 18.1. The Kier molecular flexibility index (Phi) is 11.3. The molecule has 1 saturated heterocycles. The molecule has 4 rings (SSSR count). The van der Waals surface area contributed by atoms with Crippen molar-refractivity contribution in [2.75, 3.05) is 33.4 Å². The van der Waals surface area contributed by atoms with E-state index in [2.05, 4.69) is 20.9 Å². The van der Waals surface area contributed by atoms with Crippen molar-refractivity contribution in [1.29, 1.82) is 0 Å². The van der Waals surface area contributed by atoms with E-state index in [9.17, 15) is 30.3 Å². The summed E-state index contributed by atoms with van der Waals surface area (Å²) in [5, 5.41) is 62.4. The molecule has 14 unspecified atom stereocenters. The molecule has 0 aromatic carbocycles. The van der Waals surface area contributed by atoms with Crippen molar-refractivity contribution in [3.63, 3.8) is 0 Å². The van der Waals surface area contributed by atoms with Crippen LogP contribution in [0, 0.1) is 5.92 Å². The van der Waals surface area contributed by atoms with E-state index in [1.54, 1.807) is 7.05 Å². The van der Waals surface area contributed by atoms with Gasteiger partial charge in [-0.3, -0.25) is 4.79 Å². The number of ether oxygens (including phenoxy) is 3. The zero-order valence-corrected chi connectivity index (χ0v) is 25.7. The third-order valence-electron chi connectivity index (χ3n) is 9.14. The number of guanidine groups is 1. The zero-order valence-electron chi connectivity index (χ0n) is 25.7. The lowest BCUT2D eigenvalue weighted by Crippen LogP contribution is -2.69. The Morgan fingerprint density at radius 3 is 2.58 bits per heavy atom. The monoisotopic (exact) mass is 645 g/mol. The van der Waals surface area contributed by atoms with Crippen LogP contribution in [-0.4, -0.2) is 149 Å². The third-order valence-corrected chi connectivity index (χ3v) is 9.14. The van der Waals surface area contributed by atoms with Gasteiger partial charge in [0.2, 0.25) is 0 Å². The normalized spacial score (nSPS) is 43.9. The van der Waals surface area contributed by atoms with Gasteiger partial charge in [0, 0.05) is 37.0 Å². The summed E-state index contributed by atoms with van der Waals surface area (Å²) in [4.78, 5) is 17.1. The number of aliphatic imine (C=N–C) groups is 1. The van der Waals surface area contributed by atoms with Crippen molar-refractivity contribution in [1.82, 2.24) is 16.0 Å². The number of nitrogens with two attached hydrogens (primary N) is 5. The number of aliphatic hydroxyl groups excluding tert-OH is 3. The van der Waals surface area contributed by atoms with E-state index in [0.717, 1.165) is 0 Å². The van der Waals surface area contributed by atoms with Crippen molar-refractivity contribution in [2.45, 2.75) is 104 Å². The number of nitrogens with zero attached hydrogens (tertiary/aromatic N) is 1. The highest BCUT2D eigenvalue weighted by Gasteiger charge is 2.61. The van der Waals surface area contributed by atoms with E-state index in [1.807, 2.05) is 6.08 Å². The molecule has 3 fully saturated rings. The third kappa shape index (κ3) is 7.86. The summed E-state index contributed by atoms with van der Waals surface area (Å²) in [5.74, 6) is -1.28. The molecule has 2 aliphatic heterocycles. The SMILES string of the molecule is CNC1C(O)C(OC2C(NC(=O)C3(O)CC3N=C(N)N)CC(N)C(C3OC(CNCC(N)CO)=CCC3N)C2O)OCC1(C)O. The Labute approximate surface area is 261 Å². The number of carbonyl (C=O) groups excluding carboxylic acids is 1. The topological polar surface area (TPSA) is 324 Å². The Morgan fingerprint density at radius 2 is 1.93 bits per heavy atom. The van der Waals surface area contributed by atoms with Gasteiger partial charge in [-0.2, -0.15) is 0 Å². The van der Waals surface area contributed by atoms with E-state index in [-0.39, 0.29) is 32.0 Å². The number of nitrogens with one attached hydrogen (secondary N) is 3. The van der Waals surface area contributed by atoms with Crippen LogP contribution in [0.25, 0.3) is 0 Å². The second-order valence-electron chi connectivity index (χ2n) is 12.9. The minimum absolute atomic E-state index is 0.00723. The van der Waals surface area contributed by atoms with Gasteiger partial charge in [0.1, 0.15) is 29.7 Å². The molecule has 18 heteroatoms. The Balaban J connectivity index is 1.55. The molecule has 18 nitrogen and oxygen atoms in total. The molecule has 0 radical (unpaired) electrons. The molecule has 0 aromatic rings. The van der Waals surface area contributed by atoms with Gasteiger partial charge in [-0.1, -0.05) is 0 Å². The van der Waals surface area contributed by atoms with Crippen LogP contribution >= 0.6 is 0 Å². The zero-order chi connectivity index (χ0) is 33.3. The molecule has 45 heavy (non-hydrogen) atoms. The maximum absolute atomic E-state index is 13.2. The Morgan fingerprint density at radius 1 is 1.22 bits per heavy atom. The fourth-order valence-electron chi connectivity index (χ4n) is 6.51. The highest BCUT2D eigenvalue weighted by Crippen LogP contribution is 2.41. The van der Waals surface area contributed by atoms with Gasteiger partial charge in [-0.05, 0) is 32.9 Å². The number of hydrogen-bond acceptors (Lipinski definition) is 15. The number of rotatable bonds is 12. The van der Waals surface area contributed by atoms with Gasteiger partial charge in [-0.25, -0.2) is 4.99 Å². The fourth-order valence-corrected chi connectivity index (χ4v) is 6.51. The van der Waals surface area contributed by atoms with E-state index in [0.29, 0.717) is 25.3 Å². The second kappa shape index (κ2) is 14.3. The predicted molar refractivity (Wildman–Crippen MR) is 161 cm³/mol. The summed E-state index contributed by atoms with van der Waals surface area (Å²) >= 11 is 0. The molecule has 2 saturated carbocycles. The van der Waals surface area contributed by atoms with E-state index in [1.165, 1.54) is 6.92 Å². The molecule has 2 heterocycles. The van der Waals surface area contributed by atoms with Crippen molar-refractivity contribution < 1.29 is 44.5 Å². The van der Waals surface area contributed by atoms with Crippen LogP contribution in [0.2, 0.25) is 0 Å². The van der Waals surface area contributed by atoms with Crippen molar-refractivity contribution >= 4 is 11.9 Å². The molecular weight excluding hydrogens is 594 g/mol. The first-order valence-corrected chi connectivity index (χ1v) is 15.2. The molecule has 4 aliphatic rings. The van der Waals surface area contributed by atoms with Crippen LogP contribution in [-0.2, 0) is 19.0 Å². The highest BCUT2D eigenvalue weighted by atomic mass is 16.7. The molecule has 0 spiro atoms. The molecule has 14 atom stereocenters. The average molecular weight is 646 g/mol. The number of amides is 1. The van der Waals surface area contributed by atoms with Gasteiger partial charge in [0.05, 0.1) is 44.0 Å². The maximum Gasteiger partial charge on any atom is 0.254 e. The molecule has 0 aromatic heterocycles. The van der Waals surface area contributed by atoms with Gasteiger partial charge in [0.25, 0.3) is 5.91 Å². The van der Waals surface area contributed by atoms with Crippen LogP contribution in [0.4, 0.5) is 0 Å². The first kappa shape index (κ1) is 35.7. The lowest BCUT2D eigenvalue weighted by molar-refractivity contribution is -0.297. The van der Waals surface area contributed by atoms with Gasteiger partial charge >= 0.3 is 0 Å². The van der Waals surface area contributed by atoms with Crippen LogP contribution in [0.15, 0.2) is 16.8 Å². The first-order chi connectivity index (χ1) is 21.1. The van der Waals surface area contributed by atoms with Gasteiger partial charge in [-0.15, -0.1) is 0 Å². The summed E-state index contributed by atoms with van der Waals surface area (Å²) in [5.41, 5.74) is 26.4. The lowest BCUT2D eigenvalue weighted by atomic mass is 9.72. The van der Waals surface area contributed by atoms with Crippen LogP contribution in [0.3, 0.4) is 0 Å². The van der Waals surface area contributed by atoms with E-state index in [4.69, 9.17) is 42.9 Å². The minimum Gasteiger partial charge on any atom is -0.492 e. The molecule has 18 N–H and O–H groups in total. The van der Waals surface area contributed by atoms with Crippen molar-refractivity contribution in [3.8, 4) is 0 Å². The molecule has 1 amide bonds. The molecule has 258 valence electrons. The van der Waals surface area contributed by atoms with Crippen LogP contribution < -0.4 is 44.6 Å². The maximum atomic E-state index is 13.2. The number of likely N-dealkylation sites (N-methyl/N-ethyl adjacent to an activating group) is 1. The molecule has 2 aliphatic carbocycles. The molecule has 0 bridgehead atoms. The van der Waals surface area contributed by atoms with Crippen LogP contribution in [0.1, 0.15) is 26.2 Å². The quantitative estimate of drug-likeness (QED) is 0.0692. The second-order valence-corrected chi connectivity index (χ2v) is 12.9. The minimum atomic E-state index is -1.86. The fraction of sp³-hybridized carbons (Fsp3) is 0.852. The Hall–Kier alpha value is -2.20. The standard InChI is InChI=1S/C27H51N9O9/c1-26(41)10-43-23(19(39)22(26)33-2)45-21-15(35-24(40)27(42)6-16(27)36-25(31)32)5-14(30)17(18(21)38)20-13(29)4-3-12(44-20)8-34-7-11(28)9-37/h3,11,13-23,33-34,37-39,41-42H,4-10,28-30H2,1-2H3,(H,35,40)(H4,31,32,36). The van der Waals surface area contributed by atoms with Crippen LogP contribution in [0.5, 0.6) is 0 Å². The summed E-state index contributed by atoms with van der Waals surface area (Å²) in [6.45, 7) is 1.78. The van der Waals surface area contributed by atoms with E-state index < -0.39 is 90.0 Å². The number of carbonyl (C=O) groups is 1. The molecular formula is C27H51N9O9. The summed E-state index contributed by atoms with van der Waals surface area (Å²) in [7, 11) is 1.57. The summed E-state index contributed by atoms with van der Waals surface area (Å²) in [6, 6.07) is -4.37. The predicted octanol–water partition coefficient (Wildman–Crippen LogP) is -6.69. The largest absolute Gasteiger partial charge is 0.492 e. The summed E-state index contributed by atoms with van der Waals surface area (Å²) in [6.07, 6.45) is -3.71. The van der Waals surface area contributed by atoms with Gasteiger partial charge in [0.15, 0.2) is 17.9 Å². The van der Waals surface area contributed by atoms with E-state index >= 15 is 0 Å². The van der Waals surface area contributed by atoms with Crippen molar-refractivity contribution in [3.05, 3.63) is 11.8 Å². The van der Waals surface area contributed by atoms with Gasteiger partial charge < -0.3 is 84.4 Å². The van der Waals surface area contributed by atoms with Crippen molar-refractivity contribution in [2.24, 2.45) is 39.6 Å². The first-order valence-electron chi connectivity index (χ1n) is 15.2. The number of hydrogen-bond donors (Lipinski definition) is 13. The number of aliphatic hydroxyl groups is 5.